The van der Waals surface area contributed by atoms with Gasteiger partial charge in [-0.05, 0) is 30.9 Å². The van der Waals surface area contributed by atoms with Gasteiger partial charge in [-0.2, -0.15) is 0 Å². The number of amides is 4. The van der Waals surface area contributed by atoms with Gasteiger partial charge >= 0.3 is 6.03 Å². The molecule has 3 atom stereocenters. The van der Waals surface area contributed by atoms with Crippen molar-refractivity contribution in [2.45, 2.75) is 45.4 Å². The van der Waals surface area contributed by atoms with Crippen molar-refractivity contribution >= 4 is 29.2 Å². The molecule has 0 aromatic heterocycles. The minimum Gasteiger partial charge on any atom is -0.371 e. The van der Waals surface area contributed by atoms with E-state index in [2.05, 4.69) is 15.5 Å². The molecule has 8 nitrogen and oxygen atoms in total. The van der Waals surface area contributed by atoms with Gasteiger partial charge in [0.15, 0.2) is 11.1 Å². The Morgan fingerprint density at radius 1 is 1.28 bits per heavy atom. The van der Waals surface area contributed by atoms with E-state index in [0.717, 1.165) is 6.07 Å². The number of imide groups is 2. The standard InChI is InChI=1S/C20H21FN4O4/c1-9(2)15-16-20(17(26)23-19(28)24-18(20)27)7-11-5-12(22-4)6-13(21)14(11)25(16)8-10(3)29-15/h5-6,9-10,15-16H,7-8H2,1-3H3,(H2,23,24,26,27,28)/t10-,15+,16-/m1/s1. The number of nitrogens with zero attached hydrogens (tertiary/aromatic N) is 2. The van der Waals surface area contributed by atoms with Gasteiger partial charge in [-0.25, -0.2) is 14.0 Å². The molecule has 9 heteroatoms. The number of halogens is 1. The summed E-state index contributed by atoms with van der Waals surface area (Å²) >= 11 is 0. The van der Waals surface area contributed by atoms with Crippen LogP contribution in [0.15, 0.2) is 12.1 Å². The monoisotopic (exact) mass is 400 g/mol. The molecule has 1 aromatic rings. The number of nitrogens with one attached hydrogen (secondary N) is 2. The lowest BCUT2D eigenvalue weighted by Crippen LogP contribution is -2.76. The number of rotatable bonds is 1. The van der Waals surface area contributed by atoms with Gasteiger partial charge in [0.1, 0.15) is 5.82 Å². The fraction of sp³-hybridized carbons (Fsp3) is 0.500. The summed E-state index contributed by atoms with van der Waals surface area (Å²) in [6, 6.07) is 0.990. The van der Waals surface area contributed by atoms with Crippen LogP contribution < -0.4 is 15.5 Å². The fourth-order valence-electron chi connectivity index (χ4n) is 4.81. The number of anilines is 1. The zero-order chi connectivity index (χ0) is 21.1. The van der Waals surface area contributed by atoms with Crippen LogP contribution in [0.5, 0.6) is 0 Å². The van der Waals surface area contributed by atoms with Crippen molar-refractivity contribution in [3.8, 4) is 0 Å². The maximum atomic E-state index is 15.1. The van der Waals surface area contributed by atoms with Crippen LogP contribution in [0.4, 0.5) is 20.6 Å². The van der Waals surface area contributed by atoms with Crippen molar-refractivity contribution in [1.82, 2.24) is 10.6 Å². The molecule has 152 valence electrons. The summed E-state index contributed by atoms with van der Waals surface area (Å²) in [5.41, 5.74) is -0.914. The Morgan fingerprint density at radius 3 is 2.52 bits per heavy atom. The lowest BCUT2D eigenvalue weighted by molar-refractivity contribution is -0.156. The van der Waals surface area contributed by atoms with Crippen molar-refractivity contribution in [2.24, 2.45) is 11.3 Å². The maximum Gasteiger partial charge on any atom is 0.328 e. The Hall–Kier alpha value is -2.99. The first-order chi connectivity index (χ1) is 13.7. The van der Waals surface area contributed by atoms with Crippen molar-refractivity contribution < 1.29 is 23.5 Å². The number of urea groups is 1. The maximum absolute atomic E-state index is 15.1. The molecule has 0 aliphatic carbocycles. The predicted octanol–water partition coefficient (Wildman–Crippen LogP) is 1.90. The molecule has 3 aliphatic rings. The molecule has 2 N–H and O–H groups in total. The Labute approximate surface area is 167 Å². The first-order valence-corrected chi connectivity index (χ1v) is 9.48. The molecule has 29 heavy (non-hydrogen) atoms. The van der Waals surface area contributed by atoms with Crippen LogP contribution >= 0.6 is 0 Å². The van der Waals surface area contributed by atoms with Crippen LogP contribution in [0.1, 0.15) is 26.3 Å². The molecule has 2 fully saturated rings. The van der Waals surface area contributed by atoms with Gasteiger partial charge < -0.3 is 9.64 Å². The summed E-state index contributed by atoms with van der Waals surface area (Å²) in [5, 5.41) is 4.40. The van der Waals surface area contributed by atoms with Gasteiger partial charge in [-0.3, -0.25) is 20.2 Å². The average Bonchev–Trinajstić information content (AvgIpc) is 2.64. The second kappa shape index (κ2) is 6.52. The third-order valence-electron chi connectivity index (χ3n) is 5.93. The molecule has 0 unspecified atom stereocenters. The number of benzene rings is 1. The van der Waals surface area contributed by atoms with Crippen molar-refractivity contribution in [3.63, 3.8) is 0 Å². The third kappa shape index (κ3) is 2.70. The van der Waals surface area contributed by atoms with Gasteiger partial charge in [0.2, 0.25) is 11.8 Å². The Kier molecular flexibility index (Phi) is 4.35. The Morgan fingerprint density at radius 2 is 1.93 bits per heavy atom. The smallest absolute Gasteiger partial charge is 0.328 e. The van der Waals surface area contributed by atoms with Crippen LogP contribution in [-0.4, -0.2) is 42.6 Å². The number of ether oxygens (including phenoxy) is 1. The summed E-state index contributed by atoms with van der Waals surface area (Å²) in [6.07, 6.45) is -0.940. The van der Waals surface area contributed by atoms with E-state index in [4.69, 9.17) is 11.3 Å². The molecule has 0 bridgehead atoms. The molecule has 0 radical (unpaired) electrons. The number of hydrogen-bond donors (Lipinski definition) is 2. The number of hydrogen-bond acceptors (Lipinski definition) is 5. The van der Waals surface area contributed by atoms with Crippen molar-refractivity contribution in [1.29, 1.82) is 0 Å². The second-order valence-corrected chi connectivity index (χ2v) is 8.19. The largest absolute Gasteiger partial charge is 0.371 e. The molecular formula is C20H21FN4O4. The Bertz CT molecular complexity index is 950. The molecule has 1 spiro atoms. The molecule has 2 saturated heterocycles. The zero-order valence-corrected chi connectivity index (χ0v) is 16.3. The van der Waals surface area contributed by atoms with Crippen LogP contribution in [0, 0.1) is 23.7 Å². The number of carbonyl (C=O) groups is 3. The fourth-order valence-corrected chi connectivity index (χ4v) is 4.81. The second-order valence-electron chi connectivity index (χ2n) is 8.19. The highest BCUT2D eigenvalue weighted by molar-refractivity contribution is 6.20. The topological polar surface area (TPSA) is 92.1 Å². The number of barbiturate groups is 1. The summed E-state index contributed by atoms with van der Waals surface area (Å²) in [4.78, 5) is 43.0. The quantitative estimate of drug-likeness (QED) is 0.555. The number of carbonyl (C=O) groups excluding carboxylic acids is 3. The molecule has 3 aliphatic heterocycles. The molecular weight excluding hydrogens is 379 g/mol. The molecule has 4 amide bonds. The molecule has 0 saturated carbocycles. The van der Waals surface area contributed by atoms with E-state index >= 15 is 4.39 Å². The van der Waals surface area contributed by atoms with Crippen LogP contribution in [0.25, 0.3) is 4.85 Å². The van der Waals surface area contributed by atoms with E-state index in [1.807, 2.05) is 20.8 Å². The van der Waals surface area contributed by atoms with E-state index in [1.165, 1.54) is 6.07 Å². The molecule has 3 heterocycles. The van der Waals surface area contributed by atoms with Crippen molar-refractivity contribution in [2.75, 3.05) is 11.4 Å². The number of fused-ring (bicyclic) bond motifs is 4. The van der Waals surface area contributed by atoms with E-state index < -0.39 is 41.2 Å². The van der Waals surface area contributed by atoms with E-state index in [9.17, 15) is 14.4 Å². The Balaban J connectivity index is 1.99. The SMILES string of the molecule is [C-]#[N+]c1cc(F)c2c(c1)CC1(C(=O)NC(=O)NC1=O)[C@H]1[C@H](C(C)C)O[C@H](C)CN21. The van der Waals surface area contributed by atoms with Gasteiger partial charge in [-0.1, -0.05) is 19.9 Å². The van der Waals surface area contributed by atoms with Crippen LogP contribution in [0.2, 0.25) is 0 Å². The highest BCUT2D eigenvalue weighted by atomic mass is 19.1. The highest BCUT2D eigenvalue weighted by Gasteiger charge is 2.64. The summed E-state index contributed by atoms with van der Waals surface area (Å²) in [6.45, 7) is 13.2. The normalized spacial score (nSPS) is 27.8. The molecule has 1 aromatic carbocycles. The first-order valence-electron chi connectivity index (χ1n) is 9.48. The minimum atomic E-state index is -1.68. The van der Waals surface area contributed by atoms with E-state index in [1.54, 1.807) is 4.90 Å². The number of morpholine rings is 1. The van der Waals surface area contributed by atoms with Gasteiger partial charge in [0, 0.05) is 6.54 Å². The van der Waals surface area contributed by atoms with Crippen LogP contribution in [-0.2, 0) is 20.7 Å². The van der Waals surface area contributed by atoms with E-state index in [0.29, 0.717) is 5.56 Å². The summed E-state index contributed by atoms with van der Waals surface area (Å²) in [5.74, 6) is -2.11. The zero-order valence-electron chi connectivity index (χ0n) is 16.3. The summed E-state index contributed by atoms with van der Waals surface area (Å²) in [7, 11) is 0. The van der Waals surface area contributed by atoms with Gasteiger partial charge in [-0.15, -0.1) is 0 Å². The van der Waals surface area contributed by atoms with Gasteiger partial charge in [0.05, 0.1) is 30.5 Å². The van der Waals surface area contributed by atoms with Crippen molar-refractivity contribution in [3.05, 3.63) is 34.9 Å². The average molecular weight is 400 g/mol. The molecule has 4 rings (SSSR count). The van der Waals surface area contributed by atoms with E-state index in [-0.39, 0.29) is 36.4 Å². The lowest BCUT2D eigenvalue weighted by Gasteiger charge is -2.56. The summed E-state index contributed by atoms with van der Waals surface area (Å²) < 4.78 is 21.2. The predicted molar refractivity (Wildman–Crippen MR) is 101 cm³/mol. The lowest BCUT2D eigenvalue weighted by atomic mass is 9.65. The third-order valence-corrected chi connectivity index (χ3v) is 5.93. The highest BCUT2D eigenvalue weighted by Crippen LogP contribution is 2.49. The minimum absolute atomic E-state index is 0.0764. The van der Waals surface area contributed by atoms with Gasteiger partial charge in [0.25, 0.3) is 0 Å². The first kappa shape index (κ1) is 19.3. The van der Waals surface area contributed by atoms with Crippen LogP contribution in [0.3, 0.4) is 0 Å².